The molecule has 2 fully saturated rings. The largest absolute Gasteiger partial charge is 0.332 e. The molecule has 7 nitrogen and oxygen atoms in total. The Hall–Kier alpha value is -0.290. The van der Waals surface area contributed by atoms with Crippen LogP contribution >= 0.6 is 34.8 Å². The zero-order valence-electron chi connectivity index (χ0n) is 13.4. The first-order valence-electron chi connectivity index (χ1n) is 6.98. The number of rotatable bonds is 4. The van der Waals surface area contributed by atoms with Gasteiger partial charge in [0, 0.05) is 36.1 Å². The van der Waals surface area contributed by atoms with Gasteiger partial charge in [0.15, 0.2) is 0 Å². The number of nitrogens with zero attached hydrogens (tertiary/aromatic N) is 2. The number of imide groups is 1. The number of hydrogen-bond acceptors (Lipinski definition) is 4. The SMILES string of the molecule is O=C1[C@H]2C[C@H](Cl)CN2C(=O)N1c1cc(NS(=O)(=O)CCl)c(Cl)cc1F.[Na]. The zero-order chi connectivity index (χ0) is 18.5. The standard InChI is InChI=1S/C13H11Cl3FN3O4S.Na/c14-5-25(23,24)18-9-3-10(8(17)2-7(9)16)20-12(21)11-1-6(15)4-19(11)13(20)22;/h2-3,6,11,18H,1,4-5H2;/t6-,11+;/m0./s1. The summed E-state index contributed by atoms with van der Waals surface area (Å²) in [5.41, 5.74) is -0.589. The second-order valence-electron chi connectivity index (χ2n) is 5.57. The van der Waals surface area contributed by atoms with Gasteiger partial charge >= 0.3 is 6.03 Å². The van der Waals surface area contributed by atoms with Crippen molar-refractivity contribution in [2.75, 3.05) is 21.4 Å². The second-order valence-corrected chi connectivity index (χ2v) is 8.90. The molecule has 137 valence electrons. The van der Waals surface area contributed by atoms with E-state index in [4.69, 9.17) is 34.8 Å². The van der Waals surface area contributed by atoms with Gasteiger partial charge in [0.1, 0.15) is 17.1 Å². The maximum atomic E-state index is 14.3. The van der Waals surface area contributed by atoms with Crippen molar-refractivity contribution in [2.24, 2.45) is 0 Å². The molecule has 2 saturated heterocycles. The van der Waals surface area contributed by atoms with E-state index in [2.05, 4.69) is 4.72 Å². The van der Waals surface area contributed by atoms with Crippen LogP contribution in [0.5, 0.6) is 0 Å². The van der Waals surface area contributed by atoms with Crippen LogP contribution in [0.15, 0.2) is 12.1 Å². The van der Waals surface area contributed by atoms with Crippen molar-refractivity contribution in [2.45, 2.75) is 17.8 Å². The van der Waals surface area contributed by atoms with Crippen LogP contribution in [0.3, 0.4) is 0 Å². The van der Waals surface area contributed by atoms with Gasteiger partial charge in [0.25, 0.3) is 5.91 Å². The van der Waals surface area contributed by atoms with Crippen molar-refractivity contribution in [3.05, 3.63) is 23.0 Å². The Morgan fingerprint density at radius 2 is 1.96 bits per heavy atom. The molecule has 3 rings (SSSR count). The van der Waals surface area contributed by atoms with Gasteiger partial charge in [-0.25, -0.2) is 22.5 Å². The first kappa shape index (κ1) is 22.0. The first-order chi connectivity index (χ1) is 11.6. The number of hydrogen-bond donors (Lipinski definition) is 1. The molecule has 26 heavy (non-hydrogen) atoms. The fraction of sp³-hybridized carbons (Fsp3) is 0.385. The van der Waals surface area contributed by atoms with E-state index in [1.54, 1.807) is 0 Å². The summed E-state index contributed by atoms with van der Waals surface area (Å²) >= 11 is 17.1. The minimum Gasteiger partial charge on any atom is -0.310 e. The molecule has 1 N–H and O–H groups in total. The maximum absolute atomic E-state index is 14.3. The van der Waals surface area contributed by atoms with Gasteiger partial charge in [-0.1, -0.05) is 11.6 Å². The monoisotopic (exact) mass is 452 g/mol. The van der Waals surface area contributed by atoms with Crippen molar-refractivity contribution >= 4 is 97.7 Å². The van der Waals surface area contributed by atoms with Crippen LogP contribution in [-0.2, 0) is 14.8 Å². The van der Waals surface area contributed by atoms with Crippen LogP contribution in [-0.4, -0.2) is 78.0 Å². The summed E-state index contributed by atoms with van der Waals surface area (Å²) < 4.78 is 39.6. The molecule has 0 saturated carbocycles. The van der Waals surface area contributed by atoms with Gasteiger partial charge in [0.05, 0.1) is 21.8 Å². The molecule has 0 aliphatic carbocycles. The molecule has 1 aromatic rings. The third kappa shape index (κ3) is 3.94. The average molecular weight is 454 g/mol. The maximum Gasteiger partial charge on any atom is 0.332 e. The van der Waals surface area contributed by atoms with E-state index in [1.165, 1.54) is 4.90 Å². The third-order valence-corrected chi connectivity index (χ3v) is 6.19. The molecule has 0 spiro atoms. The van der Waals surface area contributed by atoms with Crippen molar-refractivity contribution < 1.29 is 22.4 Å². The Kier molecular flexibility index (Phi) is 6.76. The molecular weight excluding hydrogens is 443 g/mol. The zero-order valence-corrected chi connectivity index (χ0v) is 18.5. The molecule has 1 radical (unpaired) electrons. The molecule has 2 atom stereocenters. The van der Waals surface area contributed by atoms with Crippen molar-refractivity contribution in [3.63, 3.8) is 0 Å². The van der Waals surface area contributed by atoms with Crippen molar-refractivity contribution in [3.8, 4) is 0 Å². The van der Waals surface area contributed by atoms with E-state index >= 15 is 0 Å². The number of carbonyl (C=O) groups excluding carboxylic acids is 2. The minimum absolute atomic E-state index is 0. The summed E-state index contributed by atoms with van der Waals surface area (Å²) in [5, 5.41) is -1.33. The number of benzene rings is 1. The van der Waals surface area contributed by atoms with Crippen molar-refractivity contribution in [1.29, 1.82) is 0 Å². The van der Waals surface area contributed by atoms with Crippen molar-refractivity contribution in [1.82, 2.24) is 4.90 Å². The van der Waals surface area contributed by atoms with Crippen LogP contribution in [0.2, 0.25) is 5.02 Å². The Labute approximate surface area is 186 Å². The quantitative estimate of drug-likeness (QED) is 0.430. The number of sulfonamides is 1. The molecule has 13 heteroatoms. The molecule has 0 aromatic heterocycles. The summed E-state index contributed by atoms with van der Waals surface area (Å²) in [4.78, 5) is 26.8. The molecule has 1 aromatic carbocycles. The fourth-order valence-electron chi connectivity index (χ4n) is 2.81. The number of halogens is 4. The number of fused-ring (bicyclic) bond motifs is 1. The van der Waals surface area contributed by atoms with Crippen LogP contribution in [0.1, 0.15) is 6.42 Å². The summed E-state index contributed by atoms with van der Waals surface area (Å²) in [6.07, 6.45) is 0.267. The van der Waals surface area contributed by atoms with Gasteiger partial charge < -0.3 is 4.90 Å². The normalized spacial score (nSPS) is 22.5. The van der Waals surface area contributed by atoms with Gasteiger partial charge in [-0.05, 0) is 18.6 Å². The van der Waals surface area contributed by atoms with Crippen LogP contribution in [0.25, 0.3) is 0 Å². The number of carbonyl (C=O) groups is 2. The smallest absolute Gasteiger partial charge is 0.310 e. The van der Waals surface area contributed by atoms with E-state index in [1.807, 2.05) is 0 Å². The van der Waals surface area contributed by atoms with Gasteiger partial charge in [-0.3, -0.25) is 9.52 Å². The molecular formula is C13H11Cl3FN3NaO4S. The second kappa shape index (κ2) is 7.98. The number of anilines is 2. The van der Waals surface area contributed by atoms with Gasteiger partial charge in [-0.2, -0.15) is 0 Å². The number of alkyl halides is 2. The predicted molar refractivity (Wildman–Crippen MR) is 98.1 cm³/mol. The minimum atomic E-state index is -3.91. The van der Waals surface area contributed by atoms with Crippen LogP contribution in [0.4, 0.5) is 20.6 Å². The van der Waals surface area contributed by atoms with Crippen LogP contribution in [0, 0.1) is 5.82 Å². The molecule has 0 unspecified atom stereocenters. The summed E-state index contributed by atoms with van der Waals surface area (Å²) in [7, 11) is -3.91. The summed E-state index contributed by atoms with van der Waals surface area (Å²) in [6, 6.07) is 0.327. The van der Waals surface area contributed by atoms with Gasteiger partial charge in [0.2, 0.25) is 10.0 Å². The van der Waals surface area contributed by atoms with E-state index in [-0.39, 0.29) is 58.6 Å². The molecule has 2 aliphatic rings. The Morgan fingerprint density at radius 3 is 2.54 bits per heavy atom. The number of urea groups is 1. The summed E-state index contributed by atoms with van der Waals surface area (Å²) in [5.74, 6) is -1.57. The van der Waals surface area contributed by atoms with Gasteiger partial charge in [-0.15, -0.1) is 23.2 Å². The Morgan fingerprint density at radius 1 is 1.31 bits per heavy atom. The topological polar surface area (TPSA) is 86.8 Å². The Bertz CT molecular complexity index is 848. The molecule has 2 heterocycles. The number of nitrogens with one attached hydrogen (secondary N) is 1. The van der Waals surface area contributed by atoms with E-state index in [0.717, 1.165) is 12.1 Å². The average Bonchev–Trinajstić information content (AvgIpc) is 3.01. The van der Waals surface area contributed by atoms with Crippen LogP contribution < -0.4 is 9.62 Å². The first-order valence-corrected chi connectivity index (χ1v) is 9.99. The van der Waals surface area contributed by atoms with E-state index in [0.29, 0.717) is 4.90 Å². The van der Waals surface area contributed by atoms with E-state index in [9.17, 15) is 22.4 Å². The molecule has 3 amide bonds. The molecule has 2 aliphatic heterocycles. The summed E-state index contributed by atoms with van der Waals surface area (Å²) in [6.45, 7) is 0.175. The van der Waals surface area contributed by atoms with E-state index < -0.39 is 44.7 Å². The molecule has 0 bridgehead atoms. The number of amides is 3. The Balaban J connectivity index is 0.00000243. The third-order valence-electron chi connectivity index (χ3n) is 3.88. The predicted octanol–water partition coefficient (Wildman–Crippen LogP) is 2.18. The fourth-order valence-corrected chi connectivity index (χ4v) is 4.10.